The summed E-state index contributed by atoms with van der Waals surface area (Å²) in [5.74, 6) is 1.69. The van der Waals surface area contributed by atoms with E-state index in [4.69, 9.17) is 14.9 Å². The highest BCUT2D eigenvalue weighted by molar-refractivity contribution is 5.66. The van der Waals surface area contributed by atoms with Crippen molar-refractivity contribution in [2.75, 3.05) is 18.2 Å². The summed E-state index contributed by atoms with van der Waals surface area (Å²) < 4.78 is 10.2. The lowest BCUT2D eigenvalue weighted by molar-refractivity contribution is 0.399. The third-order valence-electron chi connectivity index (χ3n) is 2.05. The van der Waals surface area contributed by atoms with Crippen molar-refractivity contribution in [3.05, 3.63) is 30.5 Å². The summed E-state index contributed by atoms with van der Waals surface area (Å²) in [6, 6.07) is 3.68. The molecule has 2 aromatic rings. The van der Waals surface area contributed by atoms with Gasteiger partial charge in [-0.15, -0.1) is 0 Å². The number of aromatic nitrogens is 2. The van der Waals surface area contributed by atoms with Gasteiger partial charge in [0.25, 0.3) is 0 Å². The Morgan fingerprint density at radius 1 is 1.50 bits per heavy atom. The predicted molar refractivity (Wildman–Crippen MR) is 59.0 cm³/mol. The summed E-state index contributed by atoms with van der Waals surface area (Å²) in [6.07, 6.45) is 3.00. The largest absolute Gasteiger partial charge is 0.479 e. The molecule has 0 saturated carbocycles. The Hall–Kier alpha value is -2.24. The first-order chi connectivity index (χ1) is 7.81. The Balaban J connectivity index is 2.09. The fourth-order valence-electron chi connectivity index (χ4n) is 1.27. The molecule has 6 nitrogen and oxygen atoms in total. The molecule has 2 rings (SSSR count). The van der Waals surface area contributed by atoms with Crippen molar-refractivity contribution in [1.82, 2.24) is 9.97 Å². The Morgan fingerprint density at radius 3 is 3.06 bits per heavy atom. The molecule has 0 aliphatic heterocycles. The molecular formula is C10H12N4O2. The fraction of sp³-hybridized carbons (Fsp3) is 0.200. The molecule has 0 saturated heterocycles. The van der Waals surface area contributed by atoms with Crippen LogP contribution in [0.15, 0.2) is 29.1 Å². The topological polar surface area (TPSA) is 86.2 Å². The number of hydrogen-bond donors (Lipinski definition) is 2. The lowest BCUT2D eigenvalue weighted by atomic mass is 10.4. The van der Waals surface area contributed by atoms with E-state index in [2.05, 4.69) is 15.3 Å². The summed E-state index contributed by atoms with van der Waals surface area (Å²) in [7, 11) is 1.51. The van der Waals surface area contributed by atoms with Crippen molar-refractivity contribution in [3.63, 3.8) is 0 Å². The molecule has 2 heterocycles. The highest BCUT2D eigenvalue weighted by atomic mass is 16.5. The van der Waals surface area contributed by atoms with Crippen molar-refractivity contribution in [2.45, 2.75) is 6.54 Å². The van der Waals surface area contributed by atoms with Crippen molar-refractivity contribution in [3.8, 4) is 5.88 Å². The van der Waals surface area contributed by atoms with E-state index < -0.39 is 0 Å². The molecule has 16 heavy (non-hydrogen) atoms. The maximum absolute atomic E-state index is 5.79. The van der Waals surface area contributed by atoms with E-state index in [1.54, 1.807) is 6.26 Å². The number of furan rings is 1. The lowest BCUT2D eigenvalue weighted by Crippen LogP contribution is -2.06. The molecule has 0 aromatic carbocycles. The minimum Gasteiger partial charge on any atom is -0.479 e. The summed E-state index contributed by atoms with van der Waals surface area (Å²) in [5.41, 5.74) is 6.18. The van der Waals surface area contributed by atoms with E-state index in [9.17, 15) is 0 Å². The van der Waals surface area contributed by atoms with Crippen LogP contribution >= 0.6 is 0 Å². The average Bonchev–Trinajstić information content (AvgIpc) is 2.81. The molecule has 0 atom stereocenters. The van der Waals surface area contributed by atoms with Crippen molar-refractivity contribution in [1.29, 1.82) is 0 Å². The van der Waals surface area contributed by atoms with Gasteiger partial charge in [0.2, 0.25) is 5.88 Å². The van der Waals surface area contributed by atoms with Crippen molar-refractivity contribution < 1.29 is 9.15 Å². The number of nitrogens with two attached hydrogens (primary N) is 1. The maximum atomic E-state index is 5.79. The van der Waals surface area contributed by atoms with Gasteiger partial charge in [-0.1, -0.05) is 0 Å². The monoisotopic (exact) mass is 220 g/mol. The second-order valence-electron chi connectivity index (χ2n) is 3.08. The van der Waals surface area contributed by atoms with E-state index in [-0.39, 0.29) is 0 Å². The molecule has 0 fully saturated rings. The molecule has 0 spiro atoms. The van der Waals surface area contributed by atoms with Crippen LogP contribution in [0.5, 0.6) is 5.88 Å². The smallest absolute Gasteiger partial charge is 0.242 e. The van der Waals surface area contributed by atoms with E-state index >= 15 is 0 Å². The van der Waals surface area contributed by atoms with Crippen LogP contribution in [0.3, 0.4) is 0 Å². The first kappa shape index (κ1) is 10.3. The van der Waals surface area contributed by atoms with E-state index in [0.717, 1.165) is 5.76 Å². The number of methoxy groups -OCH3 is 1. The normalized spacial score (nSPS) is 10.1. The van der Waals surface area contributed by atoms with Crippen LogP contribution in [-0.2, 0) is 6.54 Å². The van der Waals surface area contributed by atoms with Gasteiger partial charge < -0.3 is 20.2 Å². The Morgan fingerprint density at radius 2 is 2.38 bits per heavy atom. The second kappa shape index (κ2) is 4.52. The quantitative estimate of drug-likeness (QED) is 0.807. The van der Waals surface area contributed by atoms with Gasteiger partial charge in [0.1, 0.15) is 17.8 Å². The van der Waals surface area contributed by atoms with Gasteiger partial charge >= 0.3 is 0 Å². The minimum atomic E-state index is 0.358. The van der Waals surface area contributed by atoms with Crippen LogP contribution in [-0.4, -0.2) is 17.1 Å². The Bertz CT molecular complexity index is 456. The van der Waals surface area contributed by atoms with Gasteiger partial charge in [-0.05, 0) is 12.1 Å². The number of anilines is 2. The van der Waals surface area contributed by atoms with Gasteiger partial charge in [0.15, 0.2) is 5.82 Å². The molecule has 0 radical (unpaired) electrons. The van der Waals surface area contributed by atoms with Gasteiger partial charge in [-0.25, -0.2) is 4.98 Å². The number of ether oxygens (including phenoxy) is 1. The number of nitrogens with one attached hydrogen (secondary N) is 1. The molecular weight excluding hydrogens is 208 g/mol. The van der Waals surface area contributed by atoms with Crippen LogP contribution in [0.2, 0.25) is 0 Å². The van der Waals surface area contributed by atoms with Crippen LogP contribution < -0.4 is 15.8 Å². The SMILES string of the molecule is COc1ncnc(NCc2ccco2)c1N. The summed E-state index contributed by atoms with van der Waals surface area (Å²) >= 11 is 0. The summed E-state index contributed by atoms with van der Waals surface area (Å²) in [4.78, 5) is 7.90. The molecule has 0 amide bonds. The summed E-state index contributed by atoms with van der Waals surface area (Å²) in [5, 5.41) is 3.04. The van der Waals surface area contributed by atoms with Crippen LogP contribution in [0.25, 0.3) is 0 Å². The zero-order chi connectivity index (χ0) is 11.4. The highest BCUT2D eigenvalue weighted by Gasteiger charge is 2.07. The van der Waals surface area contributed by atoms with Crippen molar-refractivity contribution >= 4 is 11.5 Å². The van der Waals surface area contributed by atoms with Gasteiger partial charge in [-0.3, -0.25) is 0 Å². The molecule has 84 valence electrons. The average molecular weight is 220 g/mol. The number of hydrogen-bond acceptors (Lipinski definition) is 6. The third-order valence-corrected chi connectivity index (χ3v) is 2.05. The molecule has 2 aromatic heterocycles. The molecule has 3 N–H and O–H groups in total. The van der Waals surface area contributed by atoms with Crippen LogP contribution in [0, 0.1) is 0 Å². The van der Waals surface area contributed by atoms with Crippen molar-refractivity contribution in [2.24, 2.45) is 0 Å². The second-order valence-corrected chi connectivity index (χ2v) is 3.08. The first-order valence-electron chi connectivity index (χ1n) is 4.72. The third kappa shape index (κ3) is 2.05. The minimum absolute atomic E-state index is 0.358. The van der Waals surface area contributed by atoms with E-state index in [1.165, 1.54) is 13.4 Å². The fourth-order valence-corrected chi connectivity index (χ4v) is 1.27. The maximum Gasteiger partial charge on any atom is 0.242 e. The molecule has 0 unspecified atom stereocenters. The van der Waals surface area contributed by atoms with E-state index in [0.29, 0.717) is 23.9 Å². The first-order valence-corrected chi connectivity index (χ1v) is 4.72. The summed E-state index contributed by atoms with van der Waals surface area (Å²) in [6.45, 7) is 0.511. The standard InChI is InChI=1S/C10H12N4O2/c1-15-10-8(11)9(13-6-14-10)12-5-7-3-2-4-16-7/h2-4,6H,5,11H2,1H3,(H,12,13,14). The van der Waals surface area contributed by atoms with Crippen LogP contribution in [0.1, 0.15) is 5.76 Å². The Kier molecular flexibility index (Phi) is 2.90. The molecule has 6 heteroatoms. The van der Waals surface area contributed by atoms with Gasteiger partial charge in [0.05, 0.1) is 19.9 Å². The van der Waals surface area contributed by atoms with Crippen LogP contribution in [0.4, 0.5) is 11.5 Å². The number of rotatable bonds is 4. The van der Waals surface area contributed by atoms with E-state index in [1.807, 2.05) is 12.1 Å². The lowest BCUT2D eigenvalue weighted by Gasteiger charge is -2.08. The molecule has 0 aliphatic carbocycles. The zero-order valence-electron chi connectivity index (χ0n) is 8.80. The molecule has 0 aliphatic rings. The molecule has 0 bridgehead atoms. The highest BCUT2D eigenvalue weighted by Crippen LogP contribution is 2.24. The van der Waals surface area contributed by atoms with Gasteiger partial charge in [-0.2, -0.15) is 4.98 Å². The number of nitrogens with zero attached hydrogens (tertiary/aromatic N) is 2. The predicted octanol–water partition coefficient (Wildman–Crippen LogP) is 1.27. The number of nitrogen functional groups attached to an aromatic ring is 1. The zero-order valence-corrected chi connectivity index (χ0v) is 8.80. The Labute approximate surface area is 92.5 Å². The van der Waals surface area contributed by atoms with Gasteiger partial charge in [0, 0.05) is 0 Å².